The second-order valence-electron chi connectivity index (χ2n) is 6.17. The first-order chi connectivity index (χ1) is 7.79. The minimum Gasteiger partial charge on any atom is -0.392 e. The summed E-state index contributed by atoms with van der Waals surface area (Å²) < 4.78 is 0. The first-order valence-electron chi connectivity index (χ1n) is 6.48. The first kappa shape index (κ1) is 14.5. The molecule has 0 bridgehead atoms. The highest BCUT2D eigenvalue weighted by atomic mass is 16.3. The zero-order valence-corrected chi connectivity index (χ0v) is 11.5. The summed E-state index contributed by atoms with van der Waals surface area (Å²) in [5.41, 5.74) is 0.569. The molecule has 0 aliphatic heterocycles. The molecular weight excluding hydrogens is 212 g/mol. The minimum absolute atomic E-state index is 0.0701. The maximum atomic E-state index is 10.5. The normalized spacial score (nSPS) is 34.2. The molecule has 0 aromatic rings. The van der Waals surface area contributed by atoms with E-state index in [1.54, 1.807) is 6.08 Å². The summed E-state index contributed by atoms with van der Waals surface area (Å²) in [6.45, 7) is 8.42. The van der Waals surface area contributed by atoms with Crippen molar-refractivity contribution in [3.63, 3.8) is 0 Å². The van der Waals surface area contributed by atoms with Gasteiger partial charge in [0.2, 0.25) is 0 Å². The van der Waals surface area contributed by atoms with Gasteiger partial charge in [-0.15, -0.1) is 0 Å². The van der Waals surface area contributed by atoms with E-state index in [2.05, 4.69) is 19.9 Å². The molecule has 1 saturated carbocycles. The van der Waals surface area contributed by atoms with Gasteiger partial charge in [-0.2, -0.15) is 0 Å². The summed E-state index contributed by atoms with van der Waals surface area (Å²) in [7, 11) is 0. The van der Waals surface area contributed by atoms with Gasteiger partial charge >= 0.3 is 0 Å². The second-order valence-corrected chi connectivity index (χ2v) is 6.17. The third kappa shape index (κ3) is 3.68. The van der Waals surface area contributed by atoms with Crippen LogP contribution in [0.15, 0.2) is 23.8 Å². The highest BCUT2D eigenvalue weighted by Crippen LogP contribution is 2.46. The van der Waals surface area contributed by atoms with Crippen LogP contribution in [0.5, 0.6) is 0 Å². The van der Waals surface area contributed by atoms with Gasteiger partial charge in [0.1, 0.15) is 0 Å². The van der Waals surface area contributed by atoms with E-state index >= 15 is 0 Å². The molecule has 0 spiro atoms. The van der Waals surface area contributed by atoms with Gasteiger partial charge in [-0.05, 0) is 32.1 Å². The van der Waals surface area contributed by atoms with E-state index in [0.717, 1.165) is 24.8 Å². The monoisotopic (exact) mass is 238 g/mol. The van der Waals surface area contributed by atoms with Crippen LogP contribution in [0.3, 0.4) is 0 Å². The van der Waals surface area contributed by atoms with Crippen molar-refractivity contribution in [2.45, 2.75) is 52.6 Å². The van der Waals surface area contributed by atoms with Gasteiger partial charge in [0.15, 0.2) is 0 Å². The van der Waals surface area contributed by atoms with Crippen molar-refractivity contribution in [3.8, 4) is 0 Å². The van der Waals surface area contributed by atoms with Crippen molar-refractivity contribution in [1.82, 2.24) is 0 Å². The number of hydrogen-bond acceptors (Lipinski definition) is 2. The van der Waals surface area contributed by atoms with Gasteiger partial charge in [-0.1, -0.05) is 44.1 Å². The lowest BCUT2D eigenvalue weighted by Crippen LogP contribution is -2.45. The molecule has 0 amide bonds. The Kier molecular flexibility index (Phi) is 4.56. The van der Waals surface area contributed by atoms with E-state index in [0.29, 0.717) is 0 Å². The predicted octanol–water partition coefficient (Wildman–Crippen LogP) is 3.06. The van der Waals surface area contributed by atoms with Gasteiger partial charge < -0.3 is 10.2 Å². The van der Waals surface area contributed by atoms with E-state index in [1.165, 1.54) is 0 Å². The van der Waals surface area contributed by atoms with E-state index in [-0.39, 0.29) is 17.9 Å². The predicted molar refractivity (Wildman–Crippen MR) is 71.7 cm³/mol. The van der Waals surface area contributed by atoms with E-state index in [4.69, 9.17) is 5.11 Å². The number of hydrogen-bond donors (Lipinski definition) is 2. The summed E-state index contributed by atoms with van der Waals surface area (Å²) in [5, 5.41) is 19.3. The molecule has 0 aromatic carbocycles. The molecule has 0 aromatic heterocycles. The van der Waals surface area contributed by atoms with Crippen molar-refractivity contribution in [2.24, 2.45) is 11.3 Å². The summed E-state index contributed by atoms with van der Waals surface area (Å²) in [6, 6.07) is 0. The largest absolute Gasteiger partial charge is 0.392 e. The SMILES string of the molecule is CC(/C=C/C1C(C)(C)CCCC1(C)O)=C\CO. The van der Waals surface area contributed by atoms with Crippen LogP contribution >= 0.6 is 0 Å². The Labute approximate surface area is 105 Å². The lowest BCUT2D eigenvalue weighted by Gasteiger charge is -2.46. The molecule has 0 radical (unpaired) electrons. The van der Waals surface area contributed by atoms with Gasteiger partial charge in [-0.25, -0.2) is 0 Å². The van der Waals surface area contributed by atoms with E-state index in [9.17, 15) is 5.11 Å². The van der Waals surface area contributed by atoms with Gasteiger partial charge in [0.25, 0.3) is 0 Å². The Morgan fingerprint density at radius 3 is 2.47 bits per heavy atom. The van der Waals surface area contributed by atoms with Crippen LogP contribution < -0.4 is 0 Å². The van der Waals surface area contributed by atoms with Crippen molar-refractivity contribution < 1.29 is 10.2 Å². The quantitative estimate of drug-likeness (QED) is 0.742. The maximum absolute atomic E-state index is 10.5. The third-order valence-corrected chi connectivity index (χ3v) is 3.98. The molecular formula is C15H26O2. The van der Waals surface area contributed by atoms with E-state index < -0.39 is 5.60 Å². The molecule has 1 aliphatic rings. The number of allylic oxidation sites excluding steroid dienone is 2. The standard InChI is InChI=1S/C15H26O2/c1-12(8-11-16)6-7-13-14(2,3)9-5-10-15(13,4)17/h6-8,13,16-17H,5,9-11H2,1-4H3/b7-6+,12-8+. The van der Waals surface area contributed by atoms with Crippen molar-refractivity contribution in [3.05, 3.63) is 23.8 Å². The van der Waals surface area contributed by atoms with Crippen LogP contribution in [-0.2, 0) is 0 Å². The third-order valence-electron chi connectivity index (χ3n) is 3.98. The number of aliphatic hydroxyl groups excluding tert-OH is 1. The van der Waals surface area contributed by atoms with Crippen molar-refractivity contribution >= 4 is 0 Å². The van der Waals surface area contributed by atoms with Gasteiger partial charge in [0.05, 0.1) is 12.2 Å². The van der Waals surface area contributed by atoms with Crippen LogP contribution in [0.2, 0.25) is 0 Å². The molecule has 0 heterocycles. The minimum atomic E-state index is -0.613. The summed E-state index contributed by atoms with van der Waals surface area (Å²) in [5.74, 6) is 0.172. The average molecular weight is 238 g/mol. The second kappa shape index (κ2) is 5.36. The molecule has 1 fully saturated rings. The topological polar surface area (TPSA) is 40.5 Å². The fourth-order valence-electron chi connectivity index (χ4n) is 2.98. The fraction of sp³-hybridized carbons (Fsp3) is 0.733. The molecule has 2 heteroatoms. The Bertz CT molecular complexity index is 295. The summed E-state index contributed by atoms with van der Waals surface area (Å²) in [6.07, 6.45) is 9.02. The number of rotatable bonds is 3. The van der Waals surface area contributed by atoms with Crippen molar-refractivity contribution in [1.29, 1.82) is 0 Å². The van der Waals surface area contributed by atoms with Crippen LogP contribution in [0.1, 0.15) is 47.0 Å². The molecule has 2 atom stereocenters. The highest BCUT2D eigenvalue weighted by Gasteiger charge is 2.43. The molecule has 1 rings (SSSR count). The van der Waals surface area contributed by atoms with Crippen LogP contribution in [0, 0.1) is 11.3 Å². The van der Waals surface area contributed by atoms with Crippen molar-refractivity contribution in [2.75, 3.05) is 6.61 Å². The molecule has 17 heavy (non-hydrogen) atoms. The fourth-order valence-corrected chi connectivity index (χ4v) is 2.98. The molecule has 0 saturated heterocycles. The number of aliphatic hydroxyl groups is 2. The summed E-state index contributed by atoms with van der Waals surface area (Å²) >= 11 is 0. The first-order valence-corrected chi connectivity index (χ1v) is 6.48. The zero-order chi connectivity index (χ0) is 13.1. The molecule has 2 N–H and O–H groups in total. The molecule has 98 valence electrons. The zero-order valence-electron chi connectivity index (χ0n) is 11.5. The lowest BCUT2D eigenvalue weighted by atomic mass is 9.62. The Hall–Kier alpha value is -0.600. The van der Waals surface area contributed by atoms with Crippen LogP contribution in [0.4, 0.5) is 0 Å². The molecule has 1 aliphatic carbocycles. The Balaban J connectivity index is 2.87. The molecule has 2 nitrogen and oxygen atoms in total. The smallest absolute Gasteiger partial charge is 0.0687 e. The van der Waals surface area contributed by atoms with Gasteiger partial charge in [0, 0.05) is 5.92 Å². The maximum Gasteiger partial charge on any atom is 0.0687 e. The molecule has 2 unspecified atom stereocenters. The average Bonchev–Trinajstić information content (AvgIpc) is 2.15. The van der Waals surface area contributed by atoms with Crippen LogP contribution in [-0.4, -0.2) is 22.4 Å². The summed E-state index contributed by atoms with van der Waals surface area (Å²) in [4.78, 5) is 0. The Morgan fingerprint density at radius 2 is 1.94 bits per heavy atom. The Morgan fingerprint density at radius 1 is 1.29 bits per heavy atom. The van der Waals surface area contributed by atoms with E-state index in [1.807, 2.05) is 19.9 Å². The lowest BCUT2D eigenvalue weighted by molar-refractivity contribution is -0.0661. The van der Waals surface area contributed by atoms with Gasteiger partial charge in [-0.3, -0.25) is 0 Å². The highest BCUT2D eigenvalue weighted by molar-refractivity contribution is 5.19. The van der Waals surface area contributed by atoms with Crippen LogP contribution in [0.25, 0.3) is 0 Å².